The molecular weight excluding hydrogens is 166 g/mol. The van der Waals surface area contributed by atoms with E-state index in [9.17, 15) is 0 Å². The maximum atomic E-state index is 5.78. The van der Waals surface area contributed by atoms with Crippen molar-refractivity contribution in [2.24, 2.45) is 0 Å². The van der Waals surface area contributed by atoms with Crippen LogP contribution in [-0.2, 0) is 6.42 Å². The summed E-state index contributed by atoms with van der Waals surface area (Å²) in [5, 5.41) is 0. The zero-order valence-electron chi connectivity index (χ0n) is 8.26. The highest BCUT2D eigenvalue weighted by Gasteiger charge is 2.07. The van der Waals surface area contributed by atoms with Crippen LogP contribution in [0.3, 0.4) is 0 Å². The predicted molar refractivity (Wildman–Crippen MR) is 53.3 cm³/mol. The molecule has 0 aromatic heterocycles. The van der Waals surface area contributed by atoms with Crippen LogP contribution in [0.2, 0.25) is 0 Å². The van der Waals surface area contributed by atoms with E-state index in [0.717, 1.165) is 23.5 Å². The lowest BCUT2D eigenvalue weighted by atomic mass is 10.1. The Hall–Kier alpha value is -1.38. The molecule has 0 bridgehead atoms. The molecule has 13 heavy (non-hydrogen) atoms. The first-order chi connectivity index (χ1) is 6.22. The SMILES string of the molecule is CCc1cc(OC)cc(N)c1OC. The van der Waals surface area contributed by atoms with Gasteiger partial charge in [0.1, 0.15) is 11.5 Å². The van der Waals surface area contributed by atoms with Crippen molar-refractivity contribution in [3.63, 3.8) is 0 Å². The van der Waals surface area contributed by atoms with E-state index < -0.39 is 0 Å². The minimum atomic E-state index is 0.624. The van der Waals surface area contributed by atoms with Crippen molar-refractivity contribution in [3.05, 3.63) is 17.7 Å². The molecule has 0 heterocycles. The third kappa shape index (κ3) is 1.86. The molecule has 1 rings (SSSR count). The molecular formula is C10H15NO2. The molecule has 0 saturated heterocycles. The summed E-state index contributed by atoms with van der Waals surface area (Å²) in [5.41, 5.74) is 7.47. The number of nitrogen functional groups attached to an aromatic ring is 1. The minimum Gasteiger partial charge on any atom is -0.497 e. The number of hydrogen-bond acceptors (Lipinski definition) is 3. The van der Waals surface area contributed by atoms with Gasteiger partial charge in [-0.25, -0.2) is 0 Å². The lowest BCUT2D eigenvalue weighted by molar-refractivity contribution is 0.401. The standard InChI is InChI=1S/C10H15NO2/c1-4-7-5-8(12-2)6-9(11)10(7)13-3/h5-6H,4,11H2,1-3H3. The second-order valence-electron chi connectivity index (χ2n) is 2.76. The molecule has 0 radical (unpaired) electrons. The zero-order chi connectivity index (χ0) is 9.84. The van der Waals surface area contributed by atoms with Crippen LogP contribution in [0.5, 0.6) is 11.5 Å². The fourth-order valence-electron chi connectivity index (χ4n) is 1.31. The van der Waals surface area contributed by atoms with Gasteiger partial charge in [0, 0.05) is 6.07 Å². The molecule has 3 nitrogen and oxygen atoms in total. The van der Waals surface area contributed by atoms with Crippen molar-refractivity contribution in [2.45, 2.75) is 13.3 Å². The quantitative estimate of drug-likeness (QED) is 0.724. The fourth-order valence-corrected chi connectivity index (χ4v) is 1.31. The Bertz CT molecular complexity index is 297. The van der Waals surface area contributed by atoms with Gasteiger partial charge in [-0.1, -0.05) is 6.92 Å². The summed E-state index contributed by atoms with van der Waals surface area (Å²) in [6, 6.07) is 3.70. The number of nitrogens with two attached hydrogens (primary N) is 1. The molecule has 0 unspecified atom stereocenters. The minimum absolute atomic E-state index is 0.624. The maximum Gasteiger partial charge on any atom is 0.145 e. The molecule has 0 atom stereocenters. The van der Waals surface area contributed by atoms with E-state index in [4.69, 9.17) is 15.2 Å². The molecule has 72 valence electrons. The van der Waals surface area contributed by atoms with Crippen LogP contribution < -0.4 is 15.2 Å². The third-order valence-electron chi connectivity index (χ3n) is 1.99. The summed E-state index contributed by atoms with van der Waals surface area (Å²) in [6.45, 7) is 2.05. The van der Waals surface area contributed by atoms with Gasteiger partial charge in [0.15, 0.2) is 0 Å². The predicted octanol–water partition coefficient (Wildman–Crippen LogP) is 1.85. The summed E-state index contributed by atoms with van der Waals surface area (Å²) < 4.78 is 10.3. The summed E-state index contributed by atoms with van der Waals surface area (Å²) >= 11 is 0. The topological polar surface area (TPSA) is 44.5 Å². The highest BCUT2D eigenvalue weighted by Crippen LogP contribution is 2.31. The molecule has 0 spiro atoms. The van der Waals surface area contributed by atoms with Crippen molar-refractivity contribution in [1.82, 2.24) is 0 Å². The lowest BCUT2D eigenvalue weighted by Gasteiger charge is -2.11. The van der Waals surface area contributed by atoms with Gasteiger partial charge < -0.3 is 15.2 Å². The number of hydrogen-bond donors (Lipinski definition) is 1. The molecule has 0 aliphatic rings. The van der Waals surface area contributed by atoms with Crippen LogP contribution >= 0.6 is 0 Å². The van der Waals surface area contributed by atoms with E-state index in [1.54, 1.807) is 20.3 Å². The number of rotatable bonds is 3. The van der Waals surface area contributed by atoms with Crippen LogP contribution in [0, 0.1) is 0 Å². The Morgan fingerprint density at radius 1 is 1.23 bits per heavy atom. The molecule has 0 saturated carbocycles. The van der Waals surface area contributed by atoms with E-state index in [1.807, 2.05) is 6.07 Å². The average Bonchev–Trinajstić information content (AvgIpc) is 2.16. The van der Waals surface area contributed by atoms with Crippen LogP contribution in [0.25, 0.3) is 0 Å². The van der Waals surface area contributed by atoms with Crippen LogP contribution in [0.15, 0.2) is 12.1 Å². The van der Waals surface area contributed by atoms with Gasteiger partial charge in [-0.3, -0.25) is 0 Å². The Kier molecular flexibility index (Phi) is 3.01. The molecule has 2 N–H and O–H groups in total. The van der Waals surface area contributed by atoms with Gasteiger partial charge in [-0.2, -0.15) is 0 Å². The monoisotopic (exact) mass is 181 g/mol. The van der Waals surface area contributed by atoms with Crippen molar-refractivity contribution in [3.8, 4) is 11.5 Å². The number of methoxy groups -OCH3 is 2. The van der Waals surface area contributed by atoms with Gasteiger partial charge in [0.25, 0.3) is 0 Å². The van der Waals surface area contributed by atoms with Crippen LogP contribution in [0.1, 0.15) is 12.5 Å². The van der Waals surface area contributed by atoms with E-state index in [2.05, 4.69) is 6.92 Å². The Labute approximate surface area is 78.5 Å². The van der Waals surface area contributed by atoms with Gasteiger partial charge in [-0.15, -0.1) is 0 Å². The molecule has 1 aromatic rings. The second kappa shape index (κ2) is 4.03. The number of anilines is 1. The molecule has 0 aliphatic heterocycles. The number of aryl methyl sites for hydroxylation is 1. The first-order valence-corrected chi connectivity index (χ1v) is 4.23. The first-order valence-electron chi connectivity index (χ1n) is 4.23. The first kappa shape index (κ1) is 9.71. The Balaban J connectivity index is 3.20. The zero-order valence-corrected chi connectivity index (χ0v) is 8.26. The normalized spacial score (nSPS) is 9.77. The summed E-state index contributed by atoms with van der Waals surface area (Å²) in [4.78, 5) is 0. The van der Waals surface area contributed by atoms with Crippen molar-refractivity contribution in [1.29, 1.82) is 0 Å². The molecule has 1 aromatic carbocycles. The van der Waals surface area contributed by atoms with Crippen molar-refractivity contribution >= 4 is 5.69 Å². The van der Waals surface area contributed by atoms with Crippen molar-refractivity contribution in [2.75, 3.05) is 20.0 Å². The maximum absolute atomic E-state index is 5.78. The third-order valence-corrected chi connectivity index (χ3v) is 1.99. The molecule has 0 fully saturated rings. The highest BCUT2D eigenvalue weighted by atomic mass is 16.5. The van der Waals surface area contributed by atoms with E-state index in [1.165, 1.54) is 0 Å². The van der Waals surface area contributed by atoms with Crippen molar-refractivity contribution < 1.29 is 9.47 Å². The van der Waals surface area contributed by atoms with E-state index in [0.29, 0.717) is 5.69 Å². The summed E-state index contributed by atoms with van der Waals surface area (Å²) in [6.07, 6.45) is 0.880. The second-order valence-corrected chi connectivity index (χ2v) is 2.76. The molecule has 3 heteroatoms. The largest absolute Gasteiger partial charge is 0.497 e. The number of benzene rings is 1. The summed E-state index contributed by atoms with van der Waals surface area (Å²) in [7, 11) is 3.25. The summed E-state index contributed by atoms with van der Waals surface area (Å²) in [5.74, 6) is 1.53. The lowest BCUT2D eigenvalue weighted by Crippen LogP contribution is -1.98. The Morgan fingerprint density at radius 3 is 2.38 bits per heavy atom. The van der Waals surface area contributed by atoms with E-state index in [-0.39, 0.29) is 0 Å². The average molecular weight is 181 g/mol. The van der Waals surface area contributed by atoms with Crippen LogP contribution in [-0.4, -0.2) is 14.2 Å². The smallest absolute Gasteiger partial charge is 0.145 e. The van der Waals surface area contributed by atoms with Gasteiger partial charge in [0.05, 0.1) is 19.9 Å². The number of ether oxygens (including phenoxy) is 2. The molecule has 0 aliphatic carbocycles. The van der Waals surface area contributed by atoms with Gasteiger partial charge in [-0.05, 0) is 18.1 Å². The highest BCUT2D eigenvalue weighted by molar-refractivity contribution is 5.60. The van der Waals surface area contributed by atoms with Crippen LogP contribution in [0.4, 0.5) is 5.69 Å². The van der Waals surface area contributed by atoms with Gasteiger partial charge in [0.2, 0.25) is 0 Å². The molecule has 0 amide bonds. The van der Waals surface area contributed by atoms with E-state index >= 15 is 0 Å². The fraction of sp³-hybridized carbons (Fsp3) is 0.400. The van der Waals surface area contributed by atoms with Gasteiger partial charge >= 0.3 is 0 Å². The Morgan fingerprint density at radius 2 is 1.92 bits per heavy atom.